The summed E-state index contributed by atoms with van der Waals surface area (Å²) in [5.41, 5.74) is 9.59. The van der Waals surface area contributed by atoms with Crippen molar-refractivity contribution in [3.05, 3.63) is 101 Å². The van der Waals surface area contributed by atoms with E-state index in [0.29, 0.717) is 17.8 Å². The Morgan fingerprint density at radius 2 is 1.69 bits per heavy atom. The Bertz CT molecular complexity index is 1350. The van der Waals surface area contributed by atoms with Crippen LogP contribution in [-0.4, -0.2) is 43.3 Å². The van der Waals surface area contributed by atoms with Crippen LogP contribution in [0, 0.1) is 0 Å². The summed E-state index contributed by atoms with van der Waals surface area (Å²) in [6.07, 6.45) is 2.52. The molecule has 0 radical (unpaired) electrons. The number of nitrogens with one attached hydrogen (secondary N) is 2. The summed E-state index contributed by atoms with van der Waals surface area (Å²) >= 11 is 0. The number of hydrogen-bond acceptors (Lipinski definition) is 6. The summed E-state index contributed by atoms with van der Waals surface area (Å²) in [5, 5.41) is 26.7. The fourth-order valence-corrected chi connectivity index (χ4v) is 4.65. The average Bonchev–Trinajstić information content (AvgIpc) is 3.57. The van der Waals surface area contributed by atoms with Gasteiger partial charge in [-0.3, -0.25) is 0 Å². The Hall–Kier alpha value is -4.30. The second-order valence-electron chi connectivity index (χ2n) is 8.80. The van der Waals surface area contributed by atoms with Gasteiger partial charge in [0, 0.05) is 24.2 Å². The van der Waals surface area contributed by atoms with E-state index in [4.69, 9.17) is 0 Å². The molecular formula is C28H28N6O2. The molecule has 1 aromatic heterocycles. The molecule has 1 atom stereocenters. The molecule has 0 aliphatic carbocycles. The lowest BCUT2D eigenvalue weighted by Gasteiger charge is -2.24. The molecule has 36 heavy (non-hydrogen) atoms. The van der Waals surface area contributed by atoms with E-state index >= 15 is 0 Å². The van der Waals surface area contributed by atoms with Gasteiger partial charge in [0.2, 0.25) is 5.82 Å². The van der Waals surface area contributed by atoms with Gasteiger partial charge in [0.05, 0.1) is 11.6 Å². The lowest BCUT2D eigenvalue weighted by atomic mass is 9.95. The number of carboxylic acids is 1. The Morgan fingerprint density at radius 1 is 0.972 bits per heavy atom. The monoisotopic (exact) mass is 480 g/mol. The number of aromatic nitrogens is 4. The van der Waals surface area contributed by atoms with Gasteiger partial charge >= 0.3 is 5.97 Å². The Balaban J connectivity index is 1.47. The number of allylic oxidation sites excluding steroid dienone is 1. The standard InChI is InChI=1S/C28H28N6O2/c1-2-3-17-34-24(25(28(35)36)26(31-34)21-9-5-4-6-10-21)18-19-13-15-20(16-14-19)22-11-7-8-12-23(22)27-29-32-33-30-27/h4-16,26,31H,2-3,17-18H2,1H3,(H,35,36)(H,29,30,32,33). The van der Waals surface area contributed by atoms with Gasteiger partial charge in [0.15, 0.2) is 0 Å². The van der Waals surface area contributed by atoms with E-state index in [1.54, 1.807) is 0 Å². The van der Waals surface area contributed by atoms with Gasteiger partial charge in [-0.1, -0.05) is 92.2 Å². The Morgan fingerprint density at radius 3 is 2.36 bits per heavy atom. The summed E-state index contributed by atoms with van der Waals surface area (Å²) in [6, 6.07) is 25.5. The minimum atomic E-state index is -0.893. The Kier molecular flexibility index (Phi) is 6.86. The molecule has 3 aromatic carbocycles. The number of unbranched alkanes of at least 4 members (excludes halogenated alkanes) is 1. The van der Waals surface area contributed by atoms with Crippen LogP contribution >= 0.6 is 0 Å². The molecule has 0 spiro atoms. The largest absolute Gasteiger partial charge is 0.478 e. The first-order valence-electron chi connectivity index (χ1n) is 12.1. The topological polar surface area (TPSA) is 107 Å². The van der Waals surface area contributed by atoms with Gasteiger partial charge in [-0.25, -0.2) is 10.2 Å². The number of carbonyl (C=O) groups is 1. The number of benzene rings is 3. The third kappa shape index (κ3) is 4.76. The molecule has 0 fully saturated rings. The highest BCUT2D eigenvalue weighted by molar-refractivity contribution is 5.90. The molecule has 8 heteroatoms. The molecule has 0 saturated heterocycles. The van der Waals surface area contributed by atoms with E-state index in [9.17, 15) is 9.90 Å². The molecule has 1 aliphatic rings. The minimum absolute atomic E-state index is 0.378. The van der Waals surface area contributed by atoms with Crippen LogP contribution in [-0.2, 0) is 11.2 Å². The number of nitrogens with zero attached hydrogens (tertiary/aromatic N) is 4. The zero-order valence-electron chi connectivity index (χ0n) is 20.1. The minimum Gasteiger partial charge on any atom is -0.478 e. The highest BCUT2D eigenvalue weighted by Crippen LogP contribution is 2.35. The molecule has 0 amide bonds. The van der Waals surface area contributed by atoms with Gasteiger partial charge in [-0.2, -0.15) is 5.21 Å². The average molecular weight is 481 g/mol. The van der Waals surface area contributed by atoms with Gasteiger partial charge in [-0.15, -0.1) is 10.2 Å². The van der Waals surface area contributed by atoms with Crippen molar-refractivity contribution in [2.75, 3.05) is 6.54 Å². The van der Waals surface area contributed by atoms with E-state index in [-0.39, 0.29) is 6.04 Å². The molecule has 4 aromatic rings. The van der Waals surface area contributed by atoms with Crippen LogP contribution in [0.1, 0.15) is 36.9 Å². The number of H-pyrrole nitrogens is 1. The third-order valence-electron chi connectivity index (χ3n) is 6.46. The maximum atomic E-state index is 12.5. The number of aromatic amines is 1. The second kappa shape index (κ2) is 10.5. The van der Waals surface area contributed by atoms with Crippen molar-refractivity contribution in [2.45, 2.75) is 32.2 Å². The molecule has 1 unspecified atom stereocenters. The molecule has 182 valence electrons. The first-order valence-corrected chi connectivity index (χ1v) is 12.1. The SMILES string of the molecule is CCCCN1NC(c2ccccc2)C(C(=O)O)=C1Cc1ccc(-c2ccccc2-c2nn[nH]n2)cc1. The zero-order chi connectivity index (χ0) is 24.9. The molecule has 3 N–H and O–H groups in total. The van der Waals surface area contributed by atoms with Gasteiger partial charge in [-0.05, 0) is 33.9 Å². The number of hydrazine groups is 1. The molecule has 0 bridgehead atoms. The second-order valence-corrected chi connectivity index (χ2v) is 8.80. The van der Waals surface area contributed by atoms with Crippen molar-refractivity contribution in [3.63, 3.8) is 0 Å². The quantitative estimate of drug-likeness (QED) is 0.317. The summed E-state index contributed by atoms with van der Waals surface area (Å²) in [5.74, 6) is -0.350. The Labute approximate surface area is 209 Å². The van der Waals surface area contributed by atoms with Crippen LogP contribution in [0.2, 0.25) is 0 Å². The number of rotatable bonds is 9. The van der Waals surface area contributed by atoms with Gasteiger partial charge in [0.1, 0.15) is 0 Å². The summed E-state index contributed by atoms with van der Waals surface area (Å²) < 4.78 is 0. The van der Waals surface area contributed by atoms with E-state index in [0.717, 1.165) is 52.9 Å². The van der Waals surface area contributed by atoms with E-state index in [1.807, 2.05) is 59.6 Å². The van der Waals surface area contributed by atoms with Crippen molar-refractivity contribution in [1.82, 2.24) is 31.1 Å². The smallest absolute Gasteiger partial charge is 0.335 e. The molecule has 2 heterocycles. The van der Waals surface area contributed by atoms with Crippen LogP contribution in [0.25, 0.3) is 22.5 Å². The van der Waals surface area contributed by atoms with Crippen molar-refractivity contribution in [3.8, 4) is 22.5 Å². The summed E-state index contributed by atoms with van der Waals surface area (Å²) in [7, 11) is 0. The third-order valence-corrected chi connectivity index (χ3v) is 6.46. The predicted octanol–water partition coefficient (Wildman–Crippen LogP) is 4.78. The van der Waals surface area contributed by atoms with Crippen molar-refractivity contribution < 1.29 is 9.90 Å². The van der Waals surface area contributed by atoms with Crippen molar-refractivity contribution in [2.24, 2.45) is 0 Å². The van der Waals surface area contributed by atoms with Crippen molar-refractivity contribution in [1.29, 1.82) is 0 Å². The molecular weight excluding hydrogens is 452 g/mol. The van der Waals surface area contributed by atoms with Gasteiger partial charge < -0.3 is 10.1 Å². The first-order chi connectivity index (χ1) is 17.7. The fraction of sp³-hybridized carbons (Fsp3) is 0.214. The molecule has 1 aliphatic heterocycles. The highest BCUT2D eigenvalue weighted by atomic mass is 16.4. The predicted molar refractivity (Wildman–Crippen MR) is 137 cm³/mol. The lowest BCUT2D eigenvalue weighted by Crippen LogP contribution is -2.35. The highest BCUT2D eigenvalue weighted by Gasteiger charge is 2.35. The van der Waals surface area contributed by atoms with Crippen LogP contribution in [0.4, 0.5) is 0 Å². The molecule has 8 nitrogen and oxygen atoms in total. The molecule has 5 rings (SSSR count). The number of aliphatic carboxylic acids is 1. The van der Waals surface area contributed by atoms with Crippen molar-refractivity contribution >= 4 is 5.97 Å². The zero-order valence-corrected chi connectivity index (χ0v) is 20.1. The normalized spacial score (nSPS) is 15.5. The van der Waals surface area contributed by atoms with Gasteiger partial charge in [0.25, 0.3) is 0 Å². The van der Waals surface area contributed by atoms with Crippen LogP contribution in [0.5, 0.6) is 0 Å². The summed E-state index contributed by atoms with van der Waals surface area (Å²) in [6.45, 7) is 2.89. The van der Waals surface area contributed by atoms with Crippen LogP contribution < -0.4 is 5.43 Å². The number of hydrogen-bond donors (Lipinski definition) is 3. The number of carboxylic acid groups (broad SMARTS) is 1. The fourth-order valence-electron chi connectivity index (χ4n) is 4.65. The summed E-state index contributed by atoms with van der Waals surface area (Å²) in [4.78, 5) is 12.5. The number of tetrazole rings is 1. The maximum Gasteiger partial charge on any atom is 0.335 e. The first kappa shape index (κ1) is 23.4. The van der Waals surface area contributed by atoms with Crippen LogP contribution in [0.3, 0.4) is 0 Å². The van der Waals surface area contributed by atoms with E-state index in [2.05, 4.69) is 57.2 Å². The van der Waals surface area contributed by atoms with E-state index in [1.165, 1.54) is 0 Å². The van der Waals surface area contributed by atoms with Crippen LogP contribution in [0.15, 0.2) is 90.1 Å². The lowest BCUT2D eigenvalue weighted by molar-refractivity contribution is -0.133. The van der Waals surface area contributed by atoms with E-state index < -0.39 is 5.97 Å². The maximum absolute atomic E-state index is 12.5. The molecule has 0 saturated carbocycles.